The van der Waals surface area contributed by atoms with Gasteiger partial charge in [0, 0.05) is 0 Å². The van der Waals surface area contributed by atoms with Crippen molar-refractivity contribution in [3.8, 4) is 0 Å². The van der Waals surface area contributed by atoms with Crippen LogP contribution in [0.2, 0.25) is 0 Å². The van der Waals surface area contributed by atoms with E-state index in [4.69, 9.17) is 0 Å². The third-order valence-electron chi connectivity index (χ3n) is 2.18. The minimum absolute atomic E-state index is 0.00250. The average molecular weight is 209 g/mol. The molecule has 0 fully saturated rings. The van der Waals surface area contributed by atoms with Crippen LogP contribution in [0.25, 0.3) is 0 Å². The molecule has 0 saturated heterocycles. The highest BCUT2D eigenvalue weighted by Gasteiger charge is 2.11. The summed E-state index contributed by atoms with van der Waals surface area (Å²) in [6, 6.07) is 0. The van der Waals surface area contributed by atoms with E-state index in [0.29, 0.717) is 18.3 Å². The van der Waals surface area contributed by atoms with Gasteiger partial charge in [0.25, 0.3) is 0 Å². The van der Waals surface area contributed by atoms with Crippen molar-refractivity contribution in [3.63, 3.8) is 0 Å². The fourth-order valence-electron chi connectivity index (χ4n) is 1.31. The first-order valence-corrected chi connectivity index (χ1v) is 5.80. The van der Waals surface area contributed by atoms with E-state index in [1.807, 2.05) is 6.92 Å². The average Bonchev–Trinajstić information content (AvgIpc) is 1.95. The summed E-state index contributed by atoms with van der Waals surface area (Å²) in [5.41, 5.74) is 0. The number of hydrogen-bond acceptors (Lipinski definition) is 4. The standard InChI is InChI=1S/C8H18O4S/c1-4-8(7(2)3)5-6-12-13(9,10)11/h7-8H,4-6H2,1-3H3,(H,9,10,11)/p-1/t8-/m1/s1. The van der Waals surface area contributed by atoms with Crippen molar-refractivity contribution in [3.05, 3.63) is 0 Å². The van der Waals surface area contributed by atoms with Gasteiger partial charge in [0.05, 0.1) is 6.61 Å². The van der Waals surface area contributed by atoms with Gasteiger partial charge < -0.3 is 4.55 Å². The lowest BCUT2D eigenvalue weighted by Crippen LogP contribution is -2.13. The normalized spacial score (nSPS) is 14.8. The van der Waals surface area contributed by atoms with Crippen molar-refractivity contribution in [2.24, 2.45) is 11.8 Å². The molecule has 4 nitrogen and oxygen atoms in total. The van der Waals surface area contributed by atoms with Crippen LogP contribution in [0.1, 0.15) is 33.6 Å². The van der Waals surface area contributed by atoms with Crippen LogP contribution in [0.5, 0.6) is 0 Å². The summed E-state index contributed by atoms with van der Waals surface area (Å²) in [6.45, 7) is 6.18. The van der Waals surface area contributed by atoms with Gasteiger partial charge in [0.15, 0.2) is 0 Å². The molecular formula is C8H17O4S-. The Morgan fingerprint density at radius 2 is 1.92 bits per heavy atom. The topological polar surface area (TPSA) is 66.4 Å². The number of hydrogen-bond donors (Lipinski definition) is 0. The largest absolute Gasteiger partial charge is 0.726 e. The summed E-state index contributed by atoms with van der Waals surface area (Å²) < 4.78 is 34.4. The second kappa shape index (κ2) is 5.57. The maximum Gasteiger partial charge on any atom is 0.217 e. The molecule has 0 rings (SSSR count). The van der Waals surface area contributed by atoms with Crippen LogP contribution >= 0.6 is 0 Å². The quantitative estimate of drug-likeness (QED) is 0.491. The van der Waals surface area contributed by atoms with E-state index in [9.17, 15) is 13.0 Å². The van der Waals surface area contributed by atoms with Gasteiger partial charge in [0.2, 0.25) is 10.4 Å². The molecule has 0 N–H and O–H groups in total. The van der Waals surface area contributed by atoms with E-state index < -0.39 is 10.4 Å². The van der Waals surface area contributed by atoms with Crippen LogP contribution < -0.4 is 0 Å². The van der Waals surface area contributed by atoms with Crippen molar-refractivity contribution in [2.45, 2.75) is 33.6 Å². The molecule has 0 spiro atoms. The Morgan fingerprint density at radius 1 is 1.38 bits per heavy atom. The molecule has 13 heavy (non-hydrogen) atoms. The van der Waals surface area contributed by atoms with Gasteiger partial charge in [-0.2, -0.15) is 0 Å². The van der Waals surface area contributed by atoms with Gasteiger partial charge in [-0.05, 0) is 18.3 Å². The maximum absolute atomic E-state index is 10.1. The molecule has 0 saturated carbocycles. The molecule has 1 atom stereocenters. The molecule has 0 heterocycles. The highest BCUT2D eigenvalue weighted by molar-refractivity contribution is 7.80. The Labute approximate surface area is 80.2 Å². The molecular weight excluding hydrogens is 192 g/mol. The lowest BCUT2D eigenvalue weighted by Gasteiger charge is -2.18. The fraction of sp³-hybridized carbons (Fsp3) is 1.00. The fourth-order valence-corrected chi connectivity index (χ4v) is 1.61. The molecule has 0 aromatic carbocycles. The summed E-state index contributed by atoms with van der Waals surface area (Å²) in [4.78, 5) is 0. The van der Waals surface area contributed by atoms with Crippen LogP contribution in [0.4, 0.5) is 0 Å². The second-order valence-corrected chi connectivity index (χ2v) is 4.48. The Bertz CT molecular complexity index is 220. The molecule has 0 aromatic heterocycles. The zero-order chi connectivity index (χ0) is 10.5. The Morgan fingerprint density at radius 3 is 2.23 bits per heavy atom. The van der Waals surface area contributed by atoms with Crippen LogP contribution in [0.15, 0.2) is 0 Å². The van der Waals surface area contributed by atoms with Crippen LogP contribution in [0, 0.1) is 11.8 Å². The highest BCUT2D eigenvalue weighted by Crippen LogP contribution is 2.18. The summed E-state index contributed by atoms with van der Waals surface area (Å²) in [5.74, 6) is 0.907. The first kappa shape index (κ1) is 12.9. The minimum Gasteiger partial charge on any atom is -0.726 e. The Kier molecular flexibility index (Phi) is 5.51. The molecule has 0 unspecified atom stereocenters. The second-order valence-electron chi connectivity index (χ2n) is 3.43. The van der Waals surface area contributed by atoms with Gasteiger partial charge >= 0.3 is 0 Å². The lowest BCUT2D eigenvalue weighted by molar-refractivity contribution is 0.220. The maximum atomic E-state index is 10.1. The van der Waals surface area contributed by atoms with E-state index in [1.54, 1.807) is 0 Å². The number of rotatable bonds is 6. The molecule has 0 aliphatic carbocycles. The van der Waals surface area contributed by atoms with E-state index in [1.165, 1.54) is 0 Å². The van der Waals surface area contributed by atoms with Crippen molar-refractivity contribution < 1.29 is 17.2 Å². The molecule has 80 valence electrons. The molecule has 5 heteroatoms. The monoisotopic (exact) mass is 209 g/mol. The molecule has 0 amide bonds. The Balaban J connectivity index is 3.74. The molecule has 0 aromatic rings. The van der Waals surface area contributed by atoms with Gasteiger partial charge in [0.1, 0.15) is 0 Å². The molecule has 0 aliphatic rings. The predicted octanol–water partition coefficient (Wildman–Crippen LogP) is 1.54. The van der Waals surface area contributed by atoms with Crippen LogP contribution in [-0.4, -0.2) is 19.6 Å². The first-order valence-electron chi connectivity index (χ1n) is 4.47. The van der Waals surface area contributed by atoms with E-state index >= 15 is 0 Å². The van der Waals surface area contributed by atoms with Gasteiger partial charge in [-0.25, -0.2) is 8.42 Å². The predicted molar refractivity (Wildman–Crippen MR) is 48.9 cm³/mol. The lowest BCUT2D eigenvalue weighted by atomic mass is 9.91. The summed E-state index contributed by atoms with van der Waals surface area (Å²) in [7, 11) is -4.50. The third kappa shape index (κ3) is 6.98. The van der Waals surface area contributed by atoms with E-state index in [-0.39, 0.29) is 6.61 Å². The molecule has 0 bridgehead atoms. The first-order chi connectivity index (χ1) is 5.87. The van der Waals surface area contributed by atoms with Crippen molar-refractivity contribution in [1.29, 1.82) is 0 Å². The van der Waals surface area contributed by atoms with Gasteiger partial charge in [-0.1, -0.05) is 27.2 Å². The van der Waals surface area contributed by atoms with E-state index in [2.05, 4.69) is 18.0 Å². The Hall–Kier alpha value is -0.130. The van der Waals surface area contributed by atoms with Crippen molar-refractivity contribution in [1.82, 2.24) is 0 Å². The smallest absolute Gasteiger partial charge is 0.217 e. The van der Waals surface area contributed by atoms with Crippen LogP contribution in [-0.2, 0) is 14.6 Å². The zero-order valence-electron chi connectivity index (χ0n) is 8.32. The molecule has 0 radical (unpaired) electrons. The summed E-state index contributed by atoms with van der Waals surface area (Å²) in [5, 5.41) is 0. The summed E-state index contributed by atoms with van der Waals surface area (Å²) in [6.07, 6.45) is 1.59. The SMILES string of the molecule is CC[C@H](CCOS(=O)(=O)[O-])C(C)C. The van der Waals surface area contributed by atoms with Gasteiger partial charge in [-0.3, -0.25) is 4.18 Å². The minimum atomic E-state index is -4.50. The summed E-state index contributed by atoms with van der Waals surface area (Å²) >= 11 is 0. The third-order valence-corrected chi connectivity index (χ3v) is 2.64. The van der Waals surface area contributed by atoms with Crippen LogP contribution in [0.3, 0.4) is 0 Å². The van der Waals surface area contributed by atoms with Crippen molar-refractivity contribution in [2.75, 3.05) is 6.61 Å². The highest BCUT2D eigenvalue weighted by atomic mass is 32.3. The zero-order valence-corrected chi connectivity index (χ0v) is 9.13. The molecule has 0 aliphatic heterocycles. The van der Waals surface area contributed by atoms with E-state index in [0.717, 1.165) is 6.42 Å². The van der Waals surface area contributed by atoms with Crippen molar-refractivity contribution >= 4 is 10.4 Å². The van der Waals surface area contributed by atoms with Gasteiger partial charge in [-0.15, -0.1) is 0 Å².